The van der Waals surface area contributed by atoms with E-state index in [9.17, 15) is 19.8 Å². The van der Waals surface area contributed by atoms with Crippen LogP contribution < -0.4 is 4.74 Å². The molecular formula is C45H51NO6. The van der Waals surface area contributed by atoms with Crippen LogP contribution in [0.15, 0.2) is 103 Å². The van der Waals surface area contributed by atoms with Crippen LogP contribution in [0, 0.1) is 5.41 Å². The Labute approximate surface area is 307 Å². The first-order chi connectivity index (χ1) is 25.1. The van der Waals surface area contributed by atoms with Gasteiger partial charge in [0.15, 0.2) is 5.78 Å². The maximum atomic E-state index is 14.3. The minimum Gasteiger partial charge on any atom is -0.410 e. The summed E-state index contributed by atoms with van der Waals surface area (Å²) in [6.07, 6.45) is 7.21. The summed E-state index contributed by atoms with van der Waals surface area (Å²) >= 11 is 0. The molecule has 4 aromatic carbocycles. The molecular weight excluding hydrogens is 650 g/mol. The molecule has 3 aliphatic carbocycles. The van der Waals surface area contributed by atoms with Gasteiger partial charge in [0.05, 0.1) is 30.9 Å². The maximum absolute atomic E-state index is 14.3. The fourth-order valence-electron chi connectivity index (χ4n) is 8.89. The summed E-state index contributed by atoms with van der Waals surface area (Å²) in [5, 5.41) is 26.0. The first-order valence-corrected chi connectivity index (χ1v) is 19.0. The van der Waals surface area contributed by atoms with E-state index in [1.165, 1.54) is 5.57 Å². The summed E-state index contributed by atoms with van der Waals surface area (Å²) in [7, 11) is 0. The Bertz CT molecular complexity index is 1930. The lowest BCUT2D eigenvalue weighted by atomic mass is 9.64. The molecule has 272 valence electrons. The zero-order valence-electron chi connectivity index (χ0n) is 30.4. The summed E-state index contributed by atoms with van der Waals surface area (Å²) in [5.74, 6) is 0.236. The molecule has 1 saturated carbocycles. The van der Waals surface area contributed by atoms with Crippen LogP contribution in [0.3, 0.4) is 0 Å². The molecule has 1 heterocycles. The molecule has 1 saturated heterocycles. The highest BCUT2D eigenvalue weighted by Gasteiger charge is 2.58. The molecule has 52 heavy (non-hydrogen) atoms. The van der Waals surface area contributed by atoms with E-state index in [-0.39, 0.29) is 24.3 Å². The monoisotopic (exact) mass is 701 g/mol. The Kier molecular flexibility index (Phi) is 10.7. The van der Waals surface area contributed by atoms with Gasteiger partial charge in [0.2, 0.25) is 0 Å². The minimum absolute atomic E-state index is 0.0634. The molecule has 4 aliphatic rings. The number of benzene rings is 4. The van der Waals surface area contributed by atoms with Gasteiger partial charge >= 0.3 is 6.09 Å². The van der Waals surface area contributed by atoms with Gasteiger partial charge in [-0.05, 0) is 111 Å². The van der Waals surface area contributed by atoms with Crippen LogP contribution in [0.2, 0.25) is 0 Å². The van der Waals surface area contributed by atoms with Crippen LogP contribution in [0.4, 0.5) is 4.79 Å². The Morgan fingerprint density at radius 3 is 2.50 bits per heavy atom. The number of rotatable bonds is 7. The van der Waals surface area contributed by atoms with E-state index in [1.54, 1.807) is 4.90 Å². The van der Waals surface area contributed by atoms with E-state index in [1.807, 2.05) is 84.9 Å². The fraction of sp³-hybridized carbons (Fsp3) is 0.422. The highest BCUT2D eigenvalue weighted by Crippen LogP contribution is 2.59. The molecule has 2 N–H and O–H groups in total. The molecule has 7 heteroatoms. The van der Waals surface area contributed by atoms with Crippen LogP contribution in [0.25, 0.3) is 10.8 Å². The van der Waals surface area contributed by atoms with Crippen molar-refractivity contribution in [2.45, 2.75) is 95.4 Å². The smallest absolute Gasteiger partial charge is 0.410 e. The van der Waals surface area contributed by atoms with E-state index < -0.39 is 23.2 Å². The summed E-state index contributed by atoms with van der Waals surface area (Å²) in [5.41, 5.74) is 2.29. The van der Waals surface area contributed by atoms with Crippen molar-refractivity contribution >= 4 is 22.6 Å². The van der Waals surface area contributed by atoms with Gasteiger partial charge in [-0.1, -0.05) is 91.4 Å². The van der Waals surface area contributed by atoms with Gasteiger partial charge in [-0.3, -0.25) is 4.79 Å². The van der Waals surface area contributed by atoms with E-state index >= 15 is 0 Å². The average molecular weight is 702 g/mol. The van der Waals surface area contributed by atoms with Gasteiger partial charge in [-0.2, -0.15) is 0 Å². The van der Waals surface area contributed by atoms with Crippen LogP contribution in [0.5, 0.6) is 5.75 Å². The van der Waals surface area contributed by atoms with Crippen LogP contribution >= 0.6 is 0 Å². The number of aliphatic hydroxyl groups excluding tert-OH is 1. The molecule has 7 nitrogen and oxygen atoms in total. The third-order valence-corrected chi connectivity index (χ3v) is 12.0. The number of ketones is 1. The number of hydrogen-bond acceptors (Lipinski definition) is 6. The van der Waals surface area contributed by atoms with Gasteiger partial charge in [0.1, 0.15) is 5.75 Å². The summed E-state index contributed by atoms with van der Waals surface area (Å²) in [4.78, 5) is 30.1. The van der Waals surface area contributed by atoms with Crippen molar-refractivity contribution in [2.24, 2.45) is 5.41 Å². The molecule has 5 unspecified atom stereocenters. The van der Waals surface area contributed by atoms with Crippen LogP contribution in [-0.4, -0.2) is 64.5 Å². The van der Waals surface area contributed by atoms with E-state index in [2.05, 4.69) is 26.0 Å². The van der Waals surface area contributed by atoms with Crippen molar-refractivity contribution in [3.05, 3.63) is 125 Å². The van der Waals surface area contributed by atoms with Crippen LogP contribution in [0.1, 0.15) is 98.2 Å². The van der Waals surface area contributed by atoms with Gasteiger partial charge < -0.3 is 24.6 Å². The number of aliphatic hydroxyl groups is 2. The third kappa shape index (κ3) is 7.59. The molecule has 5 atom stereocenters. The number of carbonyl (C=O) groups is 2. The second-order valence-electron chi connectivity index (χ2n) is 15.5. The van der Waals surface area contributed by atoms with Gasteiger partial charge in [0, 0.05) is 23.1 Å². The molecule has 2 fully saturated rings. The molecule has 4 aromatic rings. The van der Waals surface area contributed by atoms with Crippen molar-refractivity contribution in [3.8, 4) is 5.75 Å². The number of fused-ring (bicyclic) bond motifs is 9. The summed E-state index contributed by atoms with van der Waals surface area (Å²) in [6.45, 7) is 5.31. The van der Waals surface area contributed by atoms with E-state index in [0.717, 1.165) is 47.6 Å². The summed E-state index contributed by atoms with van der Waals surface area (Å²) in [6, 6.07) is 29.0. The van der Waals surface area contributed by atoms with Crippen molar-refractivity contribution < 1.29 is 29.3 Å². The maximum Gasteiger partial charge on any atom is 0.415 e. The van der Waals surface area contributed by atoms with Crippen molar-refractivity contribution in [1.82, 2.24) is 4.90 Å². The number of hydrogen-bond donors (Lipinski definition) is 2. The molecule has 1 aliphatic heterocycles. The van der Waals surface area contributed by atoms with Gasteiger partial charge in [0.25, 0.3) is 0 Å². The number of ether oxygens (including phenoxy) is 2. The number of carbonyl (C=O) groups excluding carboxylic acids is 2. The highest BCUT2D eigenvalue weighted by atomic mass is 16.6. The first-order valence-electron chi connectivity index (χ1n) is 19.0. The molecule has 2 bridgehead atoms. The molecule has 0 radical (unpaired) electrons. The predicted octanol–water partition coefficient (Wildman–Crippen LogP) is 8.79. The Balaban J connectivity index is 1.26. The van der Waals surface area contributed by atoms with Gasteiger partial charge in [-0.15, -0.1) is 0 Å². The zero-order chi connectivity index (χ0) is 36.3. The Morgan fingerprint density at radius 2 is 1.71 bits per heavy atom. The lowest BCUT2D eigenvalue weighted by Crippen LogP contribution is -2.55. The highest BCUT2D eigenvalue weighted by molar-refractivity contribution is 6.10. The van der Waals surface area contributed by atoms with Crippen molar-refractivity contribution in [1.29, 1.82) is 0 Å². The van der Waals surface area contributed by atoms with Crippen molar-refractivity contribution in [2.75, 3.05) is 19.7 Å². The second-order valence-corrected chi connectivity index (χ2v) is 15.5. The van der Waals surface area contributed by atoms with E-state index in [0.29, 0.717) is 62.1 Å². The summed E-state index contributed by atoms with van der Waals surface area (Å²) < 4.78 is 12.1. The molecule has 1 amide bonds. The van der Waals surface area contributed by atoms with Crippen LogP contribution in [-0.2, 0) is 11.2 Å². The largest absolute Gasteiger partial charge is 0.415 e. The van der Waals surface area contributed by atoms with Crippen molar-refractivity contribution in [3.63, 3.8) is 0 Å². The normalized spacial score (nSPS) is 26.4. The first kappa shape index (κ1) is 36.1. The number of nitrogens with zero attached hydrogens (tertiary/aromatic N) is 1. The average Bonchev–Trinajstić information content (AvgIpc) is 3.75. The zero-order valence-corrected chi connectivity index (χ0v) is 30.4. The fourth-order valence-corrected chi connectivity index (χ4v) is 8.89. The standard InChI is InChI=1S/C45H51NO6/c1-31-10-8-23-44(2)41(39-21-17-32(26-36(47)19-16-31)27-40(39)42(48)34-12-4-3-5-13-34)22-24-45(44,50)30-46(29-38-15-9-25-51-38)43(49)52-37-20-18-33-11-6-7-14-35(33)28-37/h3-7,10-14,17-18,20-21,27-28,36,38,41,47,50H,8-9,15-16,19,22-26,29-30H2,1-2H3. The topological polar surface area (TPSA) is 96.3 Å². The lowest BCUT2D eigenvalue weighted by molar-refractivity contribution is -0.0831. The third-order valence-electron chi connectivity index (χ3n) is 12.0. The SMILES string of the molecule is CC1=CCCC2(C)C(CCC2(O)CN(CC2CCCO2)C(=O)Oc2ccc3ccccc3c2)c2ccc(cc2C(=O)c2ccccc2)CC(O)CC1. The Morgan fingerprint density at radius 1 is 0.923 bits per heavy atom. The van der Waals surface area contributed by atoms with E-state index in [4.69, 9.17) is 9.47 Å². The Hall–Kier alpha value is -4.30. The second kappa shape index (κ2) is 15.4. The molecule has 8 rings (SSSR count). The number of allylic oxidation sites excluding steroid dienone is 2. The molecule has 0 aromatic heterocycles. The predicted molar refractivity (Wildman–Crippen MR) is 204 cm³/mol. The molecule has 0 spiro atoms. The minimum atomic E-state index is -1.28. The quantitative estimate of drug-likeness (QED) is 0.148. The lowest BCUT2D eigenvalue weighted by Gasteiger charge is -2.46. The number of amides is 1. The van der Waals surface area contributed by atoms with Gasteiger partial charge in [-0.25, -0.2) is 4.79 Å².